The van der Waals surface area contributed by atoms with Crippen LogP contribution in [0.1, 0.15) is 17.1 Å². The summed E-state index contributed by atoms with van der Waals surface area (Å²) >= 11 is 0. The van der Waals surface area contributed by atoms with E-state index >= 15 is 0 Å². The number of hydrogen-bond acceptors (Lipinski definition) is 4. The molecule has 0 atom stereocenters. The summed E-state index contributed by atoms with van der Waals surface area (Å²) in [6.07, 6.45) is 0. The van der Waals surface area contributed by atoms with E-state index in [2.05, 4.69) is 0 Å². The number of nitrogens with one attached hydrogen (secondary N) is 1. The van der Waals surface area contributed by atoms with Crippen LogP contribution in [0, 0.1) is 6.92 Å². The Morgan fingerprint density at radius 3 is 2.43 bits per heavy atom. The van der Waals surface area contributed by atoms with Gasteiger partial charge in [0.25, 0.3) is 5.91 Å². The van der Waals surface area contributed by atoms with Crippen molar-refractivity contribution in [3.05, 3.63) is 59.5 Å². The zero-order valence-corrected chi connectivity index (χ0v) is 17.2. The predicted octanol–water partition coefficient (Wildman–Crippen LogP) is 0.277. The average molecular weight is 407 g/mol. The molecule has 1 aromatic heterocycles. The molecule has 1 N–H and O–H groups in total. The van der Waals surface area contributed by atoms with E-state index in [0.29, 0.717) is 39.3 Å². The van der Waals surface area contributed by atoms with Gasteiger partial charge in [-0.15, -0.1) is 0 Å². The van der Waals surface area contributed by atoms with Gasteiger partial charge < -0.3 is 14.2 Å². The number of piperazine rings is 1. The maximum absolute atomic E-state index is 12.6. The standard InChI is InChI=1S/C20H27N3O4S/c1-17-8-9-19(27-17)14-21(2)20(24)15-22-10-12-23(13-11-22)28(25,26)16-18-6-4-3-5-7-18/h3-9H,10-16H2,1-2H3/p+1. The van der Waals surface area contributed by atoms with Crippen LogP contribution in [0.5, 0.6) is 0 Å². The van der Waals surface area contributed by atoms with Crippen LogP contribution < -0.4 is 4.90 Å². The van der Waals surface area contributed by atoms with Crippen LogP contribution in [0.15, 0.2) is 46.9 Å². The summed E-state index contributed by atoms with van der Waals surface area (Å²) in [7, 11) is -1.57. The SMILES string of the molecule is Cc1ccc(CN(C)C(=O)C[NH+]2CCN(S(=O)(=O)Cc3ccccc3)CC2)o1. The molecule has 3 rings (SSSR count). The number of furan rings is 1. The molecule has 0 radical (unpaired) electrons. The Kier molecular flexibility index (Phi) is 6.53. The van der Waals surface area contributed by atoms with Crippen molar-refractivity contribution in [2.24, 2.45) is 0 Å². The Bertz CT molecular complexity index is 887. The Morgan fingerprint density at radius 2 is 1.82 bits per heavy atom. The lowest BCUT2D eigenvalue weighted by Gasteiger charge is -2.32. The maximum atomic E-state index is 12.6. The maximum Gasteiger partial charge on any atom is 0.277 e. The number of benzene rings is 1. The van der Waals surface area contributed by atoms with Crippen molar-refractivity contribution in [3.63, 3.8) is 0 Å². The molecule has 0 aliphatic carbocycles. The summed E-state index contributed by atoms with van der Waals surface area (Å²) in [5.41, 5.74) is 0.794. The minimum Gasteiger partial charge on any atom is -0.464 e. The number of carbonyl (C=O) groups excluding carboxylic acids is 1. The second-order valence-corrected chi connectivity index (χ2v) is 9.30. The molecule has 0 bridgehead atoms. The highest BCUT2D eigenvalue weighted by molar-refractivity contribution is 7.88. The van der Waals surface area contributed by atoms with E-state index in [1.807, 2.05) is 49.4 Å². The third-order valence-electron chi connectivity index (χ3n) is 5.03. The number of sulfonamides is 1. The number of carbonyl (C=O) groups is 1. The monoisotopic (exact) mass is 406 g/mol. The molecule has 2 heterocycles. The second kappa shape index (κ2) is 8.89. The van der Waals surface area contributed by atoms with Gasteiger partial charge in [0.05, 0.1) is 38.5 Å². The molecular weight excluding hydrogens is 378 g/mol. The van der Waals surface area contributed by atoms with Gasteiger partial charge in [-0.1, -0.05) is 30.3 Å². The molecule has 1 aliphatic heterocycles. The van der Waals surface area contributed by atoms with Crippen molar-refractivity contribution in [2.75, 3.05) is 39.8 Å². The van der Waals surface area contributed by atoms with Gasteiger partial charge in [-0.25, -0.2) is 8.42 Å². The van der Waals surface area contributed by atoms with Crippen molar-refractivity contribution in [1.82, 2.24) is 9.21 Å². The van der Waals surface area contributed by atoms with Gasteiger partial charge in [-0.3, -0.25) is 4.79 Å². The van der Waals surface area contributed by atoms with Crippen molar-refractivity contribution < 1.29 is 22.5 Å². The molecule has 1 fully saturated rings. The zero-order chi connectivity index (χ0) is 20.1. The van der Waals surface area contributed by atoms with Crippen LogP contribution in [-0.4, -0.2) is 63.3 Å². The Morgan fingerprint density at radius 1 is 1.14 bits per heavy atom. The van der Waals surface area contributed by atoms with Gasteiger partial charge in [-0.2, -0.15) is 4.31 Å². The largest absolute Gasteiger partial charge is 0.464 e. The van der Waals surface area contributed by atoms with Crippen molar-refractivity contribution in [3.8, 4) is 0 Å². The molecule has 8 heteroatoms. The van der Waals surface area contributed by atoms with Crippen LogP contribution >= 0.6 is 0 Å². The highest BCUT2D eigenvalue weighted by Gasteiger charge is 2.30. The third kappa shape index (κ3) is 5.43. The first-order valence-corrected chi connectivity index (χ1v) is 11.1. The van der Waals surface area contributed by atoms with E-state index < -0.39 is 10.0 Å². The first kappa shape index (κ1) is 20.6. The zero-order valence-electron chi connectivity index (χ0n) is 16.4. The van der Waals surface area contributed by atoms with Crippen molar-refractivity contribution in [2.45, 2.75) is 19.2 Å². The first-order chi connectivity index (χ1) is 13.3. The number of amides is 1. The molecule has 0 spiro atoms. The summed E-state index contributed by atoms with van der Waals surface area (Å²) in [5.74, 6) is 1.65. The van der Waals surface area contributed by atoms with E-state index in [4.69, 9.17) is 4.42 Å². The van der Waals surface area contributed by atoms with E-state index in [-0.39, 0.29) is 11.7 Å². The molecule has 1 saturated heterocycles. The number of quaternary nitrogens is 1. The Balaban J connectivity index is 1.47. The molecule has 1 aromatic carbocycles. The lowest BCUT2D eigenvalue weighted by Crippen LogP contribution is -3.15. The van der Waals surface area contributed by atoms with Gasteiger partial charge in [-0.05, 0) is 24.6 Å². The van der Waals surface area contributed by atoms with Gasteiger partial charge in [0.1, 0.15) is 11.5 Å². The fourth-order valence-corrected chi connectivity index (χ4v) is 4.91. The van der Waals surface area contributed by atoms with Gasteiger partial charge in [0.15, 0.2) is 6.54 Å². The number of nitrogens with zero attached hydrogens (tertiary/aromatic N) is 2. The quantitative estimate of drug-likeness (QED) is 0.717. The number of rotatable bonds is 7. The Labute approximate surface area is 166 Å². The van der Waals surface area contributed by atoms with Crippen molar-refractivity contribution >= 4 is 15.9 Å². The normalized spacial score (nSPS) is 16.2. The Hall–Kier alpha value is -2.16. The van der Waals surface area contributed by atoms with Gasteiger partial charge in [0, 0.05) is 7.05 Å². The molecule has 1 amide bonds. The second-order valence-electron chi connectivity index (χ2n) is 7.33. The van der Waals surface area contributed by atoms with Crippen LogP contribution in [0.25, 0.3) is 0 Å². The predicted molar refractivity (Wildman–Crippen MR) is 106 cm³/mol. The molecule has 0 saturated carbocycles. The van der Waals surface area contributed by atoms with Crippen LogP contribution in [0.3, 0.4) is 0 Å². The number of aryl methyl sites for hydroxylation is 1. The summed E-state index contributed by atoms with van der Waals surface area (Å²) in [4.78, 5) is 15.2. The number of likely N-dealkylation sites (N-methyl/N-ethyl adjacent to an activating group) is 1. The molecule has 152 valence electrons. The molecule has 1 aliphatic rings. The van der Waals surface area contributed by atoms with E-state index in [1.54, 1.807) is 16.3 Å². The molecule has 0 unspecified atom stereocenters. The topological polar surface area (TPSA) is 75.3 Å². The van der Waals surface area contributed by atoms with Crippen LogP contribution in [0.4, 0.5) is 0 Å². The van der Waals surface area contributed by atoms with Gasteiger partial charge in [0.2, 0.25) is 10.0 Å². The first-order valence-electron chi connectivity index (χ1n) is 9.48. The van der Waals surface area contributed by atoms with E-state index in [1.165, 1.54) is 0 Å². The summed E-state index contributed by atoms with van der Waals surface area (Å²) in [6.45, 7) is 4.83. The fourth-order valence-electron chi connectivity index (χ4n) is 3.37. The fraction of sp³-hybridized carbons (Fsp3) is 0.450. The van der Waals surface area contributed by atoms with Crippen LogP contribution in [0.2, 0.25) is 0 Å². The van der Waals surface area contributed by atoms with E-state index in [9.17, 15) is 13.2 Å². The van der Waals surface area contributed by atoms with Gasteiger partial charge >= 0.3 is 0 Å². The highest BCUT2D eigenvalue weighted by Crippen LogP contribution is 2.11. The lowest BCUT2D eigenvalue weighted by atomic mass is 10.2. The smallest absolute Gasteiger partial charge is 0.277 e. The highest BCUT2D eigenvalue weighted by atomic mass is 32.2. The molecule has 28 heavy (non-hydrogen) atoms. The summed E-state index contributed by atoms with van der Waals surface area (Å²) in [5, 5.41) is 0. The summed E-state index contributed by atoms with van der Waals surface area (Å²) < 4.78 is 32.3. The minimum absolute atomic E-state index is 0.0212. The summed E-state index contributed by atoms with van der Waals surface area (Å²) in [6, 6.07) is 13.0. The van der Waals surface area contributed by atoms with E-state index in [0.717, 1.165) is 22.0 Å². The lowest BCUT2D eigenvalue weighted by molar-refractivity contribution is -0.896. The minimum atomic E-state index is -3.33. The van der Waals surface area contributed by atoms with Crippen LogP contribution in [-0.2, 0) is 27.1 Å². The molecule has 7 nitrogen and oxygen atoms in total. The average Bonchev–Trinajstić information content (AvgIpc) is 3.07. The number of hydrogen-bond donors (Lipinski definition) is 1. The third-order valence-corrected chi connectivity index (χ3v) is 6.88. The molecule has 2 aromatic rings. The van der Waals surface area contributed by atoms with Crippen molar-refractivity contribution in [1.29, 1.82) is 0 Å². The molecular formula is C20H28N3O4S+.